The topological polar surface area (TPSA) is 62.6 Å². The molecule has 2 amide bonds. The number of likely N-dealkylation sites (tertiary alicyclic amines) is 1. The van der Waals surface area contributed by atoms with Gasteiger partial charge in [0.2, 0.25) is 5.91 Å². The van der Waals surface area contributed by atoms with Gasteiger partial charge < -0.3 is 14.6 Å². The van der Waals surface area contributed by atoms with Gasteiger partial charge in [-0.1, -0.05) is 13.8 Å². The van der Waals surface area contributed by atoms with Gasteiger partial charge in [0.25, 0.3) is 5.91 Å². The van der Waals surface area contributed by atoms with Crippen LogP contribution in [0.3, 0.4) is 0 Å². The van der Waals surface area contributed by atoms with Crippen LogP contribution in [-0.4, -0.2) is 35.8 Å². The molecular formula is C15H22N2O3. The van der Waals surface area contributed by atoms with Crippen molar-refractivity contribution in [3.05, 3.63) is 24.2 Å². The Morgan fingerprint density at radius 2 is 2.00 bits per heavy atom. The molecule has 1 aliphatic heterocycles. The molecule has 20 heavy (non-hydrogen) atoms. The predicted octanol–water partition coefficient (Wildman–Crippen LogP) is 1.90. The second kappa shape index (κ2) is 6.11. The van der Waals surface area contributed by atoms with E-state index in [4.69, 9.17) is 4.42 Å². The molecule has 1 saturated heterocycles. The zero-order valence-corrected chi connectivity index (χ0v) is 12.3. The standard InChI is InChI=1S/C15H22N2O3/c1-10-7-11(2)9-17(8-10)15(19)12(3)16-14(18)13-5-4-6-20-13/h4-6,10-12H,7-9H2,1-3H3,(H,16,18). The van der Waals surface area contributed by atoms with E-state index in [2.05, 4.69) is 19.2 Å². The van der Waals surface area contributed by atoms with Crippen molar-refractivity contribution >= 4 is 11.8 Å². The molecule has 5 nitrogen and oxygen atoms in total. The molecule has 0 aromatic carbocycles. The van der Waals surface area contributed by atoms with Crippen LogP contribution in [0.5, 0.6) is 0 Å². The molecule has 0 aliphatic carbocycles. The Morgan fingerprint density at radius 1 is 1.35 bits per heavy atom. The molecule has 1 aromatic heterocycles. The van der Waals surface area contributed by atoms with Crippen LogP contribution in [0.2, 0.25) is 0 Å². The van der Waals surface area contributed by atoms with E-state index in [0.717, 1.165) is 19.5 Å². The van der Waals surface area contributed by atoms with Crippen LogP contribution in [0.15, 0.2) is 22.8 Å². The summed E-state index contributed by atoms with van der Waals surface area (Å²) in [4.78, 5) is 26.1. The Balaban J connectivity index is 1.93. The van der Waals surface area contributed by atoms with Crippen molar-refractivity contribution in [3.63, 3.8) is 0 Å². The van der Waals surface area contributed by atoms with E-state index in [1.807, 2.05) is 4.90 Å². The lowest BCUT2D eigenvalue weighted by Gasteiger charge is -2.36. The van der Waals surface area contributed by atoms with E-state index in [0.29, 0.717) is 11.8 Å². The molecule has 1 N–H and O–H groups in total. The minimum atomic E-state index is -0.537. The van der Waals surface area contributed by atoms with E-state index in [-0.39, 0.29) is 17.6 Å². The summed E-state index contributed by atoms with van der Waals surface area (Å²) in [7, 11) is 0. The van der Waals surface area contributed by atoms with Gasteiger partial charge in [-0.2, -0.15) is 0 Å². The van der Waals surface area contributed by atoms with Crippen LogP contribution in [0.25, 0.3) is 0 Å². The summed E-state index contributed by atoms with van der Waals surface area (Å²) in [6.45, 7) is 7.56. The van der Waals surface area contributed by atoms with E-state index in [1.165, 1.54) is 6.26 Å². The lowest BCUT2D eigenvalue weighted by atomic mass is 9.91. The van der Waals surface area contributed by atoms with Crippen LogP contribution in [0, 0.1) is 11.8 Å². The zero-order chi connectivity index (χ0) is 14.7. The Kier molecular flexibility index (Phi) is 4.47. The Labute approximate surface area is 119 Å². The fourth-order valence-corrected chi connectivity index (χ4v) is 2.85. The Bertz CT molecular complexity index is 459. The summed E-state index contributed by atoms with van der Waals surface area (Å²) in [6.07, 6.45) is 2.59. The summed E-state index contributed by atoms with van der Waals surface area (Å²) in [5.74, 6) is 0.869. The van der Waals surface area contributed by atoms with Gasteiger partial charge in [-0.3, -0.25) is 9.59 Å². The maximum atomic E-state index is 12.4. The Morgan fingerprint density at radius 3 is 2.55 bits per heavy atom. The number of hydrogen-bond acceptors (Lipinski definition) is 3. The van der Waals surface area contributed by atoms with Crippen LogP contribution in [0.1, 0.15) is 37.7 Å². The SMILES string of the molecule is CC1CC(C)CN(C(=O)C(C)NC(=O)c2ccco2)C1. The van der Waals surface area contributed by atoms with E-state index < -0.39 is 6.04 Å². The molecule has 1 fully saturated rings. The molecular weight excluding hydrogens is 256 g/mol. The smallest absolute Gasteiger partial charge is 0.287 e. The minimum Gasteiger partial charge on any atom is -0.459 e. The van der Waals surface area contributed by atoms with Gasteiger partial charge in [0.1, 0.15) is 6.04 Å². The predicted molar refractivity (Wildman–Crippen MR) is 75.2 cm³/mol. The monoisotopic (exact) mass is 278 g/mol. The second-order valence-corrected chi connectivity index (χ2v) is 5.86. The third-order valence-corrected chi connectivity index (χ3v) is 3.64. The third kappa shape index (κ3) is 3.40. The molecule has 3 atom stereocenters. The first-order chi connectivity index (χ1) is 9.47. The summed E-state index contributed by atoms with van der Waals surface area (Å²) in [5.41, 5.74) is 0. The molecule has 2 heterocycles. The highest BCUT2D eigenvalue weighted by molar-refractivity contribution is 5.95. The van der Waals surface area contributed by atoms with Gasteiger partial charge in [0.05, 0.1) is 6.26 Å². The van der Waals surface area contributed by atoms with Gasteiger partial charge in [-0.15, -0.1) is 0 Å². The van der Waals surface area contributed by atoms with Crippen LogP contribution < -0.4 is 5.32 Å². The van der Waals surface area contributed by atoms with Crippen molar-refractivity contribution in [3.8, 4) is 0 Å². The fraction of sp³-hybridized carbons (Fsp3) is 0.600. The van der Waals surface area contributed by atoms with E-state index in [9.17, 15) is 9.59 Å². The summed E-state index contributed by atoms with van der Waals surface area (Å²) in [6, 6.07) is 2.69. The van der Waals surface area contributed by atoms with Crippen LogP contribution in [-0.2, 0) is 4.79 Å². The maximum absolute atomic E-state index is 12.4. The van der Waals surface area contributed by atoms with Crippen molar-refractivity contribution < 1.29 is 14.0 Å². The lowest BCUT2D eigenvalue weighted by molar-refractivity contribution is -0.135. The van der Waals surface area contributed by atoms with Crippen molar-refractivity contribution in [2.75, 3.05) is 13.1 Å². The molecule has 1 aromatic rings. The summed E-state index contributed by atoms with van der Waals surface area (Å²) < 4.78 is 5.02. The molecule has 110 valence electrons. The number of furan rings is 1. The van der Waals surface area contributed by atoms with Crippen LogP contribution >= 0.6 is 0 Å². The molecule has 3 unspecified atom stereocenters. The van der Waals surface area contributed by atoms with Gasteiger partial charge in [0, 0.05) is 13.1 Å². The minimum absolute atomic E-state index is 0.0247. The summed E-state index contributed by atoms with van der Waals surface area (Å²) in [5, 5.41) is 2.69. The normalized spacial score (nSPS) is 24.2. The highest BCUT2D eigenvalue weighted by Crippen LogP contribution is 2.21. The zero-order valence-electron chi connectivity index (χ0n) is 12.3. The highest BCUT2D eigenvalue weighted by atomic mass is 16.3. The number of carbonyl (C=O) groups excluding carboxylic acids is 2. The van der Waals surface area contributed by atoms with Gasteiger partial charge in [0.15, 0.2) is 5.76 Å². The quantitative estimate of drug-likeness (QED) is 0.918. The fourth-order valence-electron chi connectivity index (χ4n) is 2.85. The number of rotatable bonds is 3. The average Bonchev–Trinajstić information content (AvgIpc) is 2.90. The largest absolute Gasteiger partial charge is 0.459 e. The summed E-state index contributed by atoms with van der Waals surface area (Å²) >= 11 is 0. The molecule has 0 saturated carbocycles. The average molecular weight is 278 g/mol. The highest BCUT2D eigenvalue weighted by Gasteiger charge is 2.29. The molecule has 2 rings (SSSR count). The van der Waals surface area contributed by atoms with Crippen molar-refractivity contribution in [1.29, 1.82) is 0 Å². The van der Waals surface area contributed by atoms with E-state index in [1.54, 1.807) is 19.1 Å². The van der Waals surface area contributed by atoms with Gasteiger partial charge in [-0.25, -0.2) is 0 Å². The molecule has 0 bridgehead atoms. The first-order valence-electron chi connectivity index (χ1n) is 7.10. The van der Waals surface area contributed by atoms with Crippen LogP contribution in [0.4, 0.5) is 0 Å². The number of nitrogens with zero attached hydrogens (tertiary/aromatic N) is 1. The van der Waals surface area contributed by atoms with Gasteiger partial charge in [-0.05, 0) is 37.3 Å². The number of nitrogens with one attached hydrogen (secondary N) is 1. The van der Waals surface area contributed by atoms with Crippen molar-refractivity contribution in [1.82, 2.24) is 10.2 Å². The Hall–Kier alpha value is -1.78. The van der Waals surface area contributed by atoms with Crippen molar-refractivity contribution in [2.24, 2.45) is 11.8 Å². The van der Waals surface area contributed by atoms with E-state index >= 15 is 0 Å². The van der Waals surface area contributed by atoms with Gasteiger partial charge >= 0.3 is 0 Å². The van der Waals surface area contributed by atoms with Crippen molar-refractivity contribution in [2.45, 2.75) is 33.2 Å². The first-order valence-corrected chi connectivity index (χ1v) is 7.10. The molecule has 0 radical (unpaired) electrons. The maximum Gasteiger partial charge on any atom is 0.287 e. The second-order valence-electron chi connectivity index (χ2n) is 5.86. The molecule has 1 aliphatic rings. The number of amides is 2. The molecule has 0 spiro atoms. The number of piperidine rings is 1. The molecule has 5 heteroatoms. The number of carbonyl (C=O) groups is 2. The number of hydrogen-bond donors (Lipinski definition) is 1. The first kappa shape index (κ1) is 14.6. The third-order valence-electron chi connectivity index (χ3n) is 3.64. The lowest BCUT2D eigenvalue weighted by Crippen LogP contribution is -2.51.